The standard InChI is InChI=1S/C2H2O5.Ca/c3-1(4)7-2(5)6;/h(H,3,4)(H,5,6);/q;+2/p-2. The first-order chi connectivity index (χ1) is 3.13. The average Bonchev–Trinajstić information content (AvgIpc) is 1.27. The Morgan fingerprint density at radius 1 is 1.12 bits per heavy atom. The van der Waals surface area contributed by atoms with Crippen molar-refractivity contribution in [1.82, 2.24) is 0 Å². The van der Waals surface area contributed by atoms with Gasteiger partial charge in [-0.1, -0.05) is 0 Å². The first-order valence-electron chi connectivity index (χ1n) is 1.22. The Bertz CT molecular complexity index is 86.6. The van der Waals surface area contributed by atoms with Crippen LogP contribution < -0.4 is 10.2 Å². The Kier molecular flexibility index (Phi) is 7.00. The molecule has 0 N–H and O–H groups in total. The molecule has 0 unspecified atom stereocenters. The van der Waals surface area contributed by atoms with E-state index < -0.39 is 12.3 Å². The molecule has 40 valence electrons. The van der Waals surface area contributed by atoms with Gasteiger partial charge in [0.1, 0.15) is 0 Å². The molecule has 6 heteroatoms. The Morgan fingerprint density at radius 2 is 1.38 bits per heavy atom. The minimum absolute atomic E-state index is 0. The van der Waals surface area contributed by atoms with Gasteiger partial charge in [-0.25, -0.2) is 0 Å². The maximum absolute atomic E-state index is 9.06. The average molecular weight is 144 g/mol. The van der Waals surface area contributed by atoms with Gasteiger partial charge < -0.3 is 24.5 Å². The van der Waals surface area contributed by atoms with Crippen LogP contribution in [0, 0.1) is 0 Å². The minimum atomic E-state index is -2.12. The van der Waals surface area contributed by atoms with E-state index in [0.29, 0.717) is 0 Å². The van der Waals surface area contributed by atoms with Crippen LogP contribution >= 0.6 is 0 Å². The van der Waals surface area contributed by atoms with Crippen LogP contribution in [0.25, 0.3) is 0 Å². The second-order valence-corrected chi connectivity index (χ2v) is 0.602. The zero-order valence-electron chi connectivity index (χ0n) is 3.75. The van der Waals surface area contributed by atoms with E-state index in [0.717, 1.165) is 0 Å². The van der Waals surface area contributed by atoms with Crippen LogP contribution in [-0.2, 0) is 4.74 Å². The molecule has 0 amide bonds. The second kappa shape index (κ2) is 5.14. The van der Waals surface area contributed by atoms with Crippen molar-refractivity contribution in [3.8, 4) is 0 Å². The van der Waals surface area contributed by atoms with Crippen molar-refractivity contribution < 1.29 is 24.5 Å². The van der Waals surface area contributed by atoms with Crippen LogP contribution in [0.3, 0.4) is 0 Å². The molecule has 0 aliphatic carbocycles. The number of hydrogen-bond acceptors (Lipinski definition) is 5. The van der Waals surface area contributed by atoms with E-state index in [1.165, 1.54) is 0 Å². The summed E-state index contributed by atoms with van der Waals surface area (Å²) in [7, 11) is 0. The third-order valence-corrected chi connectivity index (χ3v) is 0.167. The van der Waals surface area contributed by atoms with Crippen LogP contribution in [0.5, 0.6) is 0 Å². The maximum Gasteiger partial charge on any atom is 2.00 e. The monoisotopic (exact) mass is 144 g/mol. The first-order valence-corrected chi connectivity index (χ1v) is 1.22. The molecule has 5 nitrogen and oxygen atoms in total. The number of ether oxygens (including phenoxy) is 1. The molecule has 0 heterocycles. The third-order valence-electron chi connectivity index (χ3n) is 0.167. The number of carboxylic acid groups (broad SMARTS) is 2. The fourth-order valence-corrected chi connectivity index (χ4v) is 0.0680. The molecule has 0 aliphatic heterocycles. The Morgan fingerprint density at radius 3 is 1.38 bits per heavy atom. The summed E-state index contributed by atoms with van der Waals surface area (Å²) in [5.74, 6) is 0. The zero-order valence-corrected chi connectivity index (χ0v) is 5.96. The summed E-state index contributed by atoms with van der Waals surface area (Å²) in [6, 6.07) is 0. The first kappa shape index (κ1) is 10.9. The number of rotatable bonds is 0. The summed E-state index contributed by atoms with van der Waals surface area (Å²) >= 11 is 0. The maximum atomic E-state index is 9.06. The van der Waals surface area contributed by atoms with Gasteiger partial charge in [0.25, 0.3) is 12.3 Å². The Hall–Kier alpha value is -0.000260. The molecule has 0 aromatic rings. The molecule has 0 saturated carbocycles. The molecule has 0 radical (unpaired) electrons. The van der Waals surface area contributed by atoms with Gasteiger partial charge in [-0.15, -0.1) is 0 Å². The second-order valence-electron chi connectivity index (χ2n) is 0.602. The molecule has 8 heavy (non-hydrogen) atoms. The number of hydrogen-bond donors (Lipinski definition) is 0. The zero-order chi connectivity index (χ0) is 5.86. The minimum Gasteiger partial charge on any atom is -0.483 e. The summed E-state index contributed by atoms with van der Waals surface area (Å²) in [5.41, 5.74) is 0. The van der Waals surface area contributed by atoms with Gasteiger partial charge in [0.15, 0.2) is 0 Å². The van der Waals surface area contributed by atoms with Crippen molar-refractivity contribution in [3.05, 3.63) is 0 Å². The molecule has 0 rings (SSSR count). The van der Waals surface area contributed by atoms with E-state index >= 15 is 0 Å². The summed E-state index contributed by atoms with van der Waals surface area (Å²) in [4.78, 5) is 18.1. The van der Waals surface area contributed by atoms with Gasteiger partial charge in [0.05, 0.1) is 0 Å². The molecule has 0 aromatic carbocycles. The summed E-state index contributed by atoms with van der Waals surface area (Å²) in [6.45, 7) is 0. The van der Waals surface area contributed by atoms with Crippen LogP contribution in [0.15, 0.2) is 0 Å². The van der Waals surface area contributed by atoms with Crippen molar-refractivity contribution in [2.24, 2.45) is 0 Å². The molecule has 0 aliphatic rings. The van der Waals surface area contributed by atoms with Crippen molar-refractivity contribution in [2.75, 3.05) is 0 Å². The molecular formula is C2CaO5. The van der Waals surface area contributed by atoms with Crippen LogP contribution in [0.4, 0.5) is 9.59 Å². The van der Waals surface area contributed by atoms with E-state index in [1.54, 1.807) is 0 Å². The summed E-state index contributed by atoms with van der Waals surface area (Å²) in [6.07, 6.45) is -4.25. The molecule has 0 fully saturated rings. The van der Waals surface area contributed by atoms with E-state index in [4.69, 9.17) is 19.8 Å². The van der Waals surface area contributed by atoms with Gasteiger partial charge in [-0.2, -0.15) is 0 Å². The fraction of sp³-hybridized carbons (Fsp3) is 0. The SMILES string of the molecule is O=C([O-])OC(=O)[O-].[Ca+2]. The van der Waals surface area contributed by atoms with E-state index in [1.807, 2.05) is 0 Å². The van der Waals surface area contributed by atoms with Crippen LogP contribution in [0.2, 0.25) is 0 Å². The van der Waals surface area contributed by atoms with Gasteiger partial charge in [-0.05, 0) is 0 Å². The van der Waals surface area contributed by atoms with Crippen LogP contribution in [-0.4, -0.2) is 50.0 Å². The normalized spacial score (nSPS) is 6.50. The molecule has 0 bridgehead atoms. The van der Waals surface area contributed by atoms with Crippen LogP contribution in [0.1, 0.15) is 0 Å². The predicted molar refractivity (Wildman–Crippen MR) is 17.6 cm³/mol. The van der Waals surface area contributed by atoms with E-state index in [-0.39, 0.29) is 37.7 Å². The third kappa shape index (κ3) is 9.37. The summed E-state index contributed by atoms with van der Waals surface area (Å²) in [5, 5.41) is 18.1. The Labute approximate surface area is 74.2 Å². The molecule has 0 aromatic heterocycles. The molecule has 0 saturated heterocycles. The van der Waals surface area contributed by atoms with Crippen molar-refractivity contribution in [1.29, 1.82) is 0 Å². The van der Waals surface area contributed by atoms with Crippen molar-refractivity contribution >= 4 is 50.0 Å². The molecular weight excluding hydrogens is 144 g/mol. The quantitative estimate of drug-likeness (QED) is 0.210. The topological polar surface area (TPSA) is 89.5 Å². The van der Waals surface area contributed by atoms with Crippen molar-refractivity contribution in [2.45, 2.75) is 0 Å². The summed E-state index contributed by atoms with van der Waals surface area (Å²) < 4.78 is 2.86. The fourth-order valence-electron chi connectivity index (χ4n) is 0.0680. The molecule has 0 spiro atoms. The number of carbonyl (C=O) groups excluding carboxylic acids is 2. The predicted octanol–water partition coefficient (Wildman–Crippen LogP) is -2.69. The van der Waals surface area contributed by atoms with Gasteiger partial charge >= 0.3 is 37.7 Å². The smallest absolute Gasteiger partial charge is 0.483 e. The van der Waals surface area contributed by atoms with Crippen molar-refractivity contribution in [3.63, 3.8) is 0 Å². The number of carbonyl (C=O) groups is 2. The molecule has 0 atom stereocenters. The Balaban J connectivity index is 0. The van der Waals surface area contributed by atoms with E-state index in [2.05, 4.69) is 4.74 Å². The van der Waals surface area contributed by atoms with Gasteiger partial charge in [0.2, 0.25) is 0 Å². The van der Waals surface area contributed by atoms with E-state index in [9.17, 15) is 0 Å². The van der Waals surface area contributed by atoms with Gasteiger partial charge in [-0.3, -0.25) is 0 Å². The van der Waals surface area contributed by atoms with Gasteiger partial charge in [0, 0.05) is 0 Å². The largest absolute Gasteiger partial charge is 2.00 e.